The molecule has 0 bridgehead atoms. The summed E-state index contributed by atoms with van der Waals surface area (Å²) in [5.74, 6) is -0.468. The van der Waals surface area contributed by atoms with Gasteiger partial charge >= 0.3 is 12.1 Å². The maximum Gasteiger partial charge on any atom is 0.418 e. The molecule has 0 radical (unpaired) electrons. The molecule has 0 aliphatic rings. The first-order valence-corrected chi connectivity index (χ1v) is 15.3. The highest BCUT2D eigenvalue weighted by Crippen LogP contribution is 2.41. The summed E-state index contributed by atoms with van der Waals surface area (Å²) in [6.07, 6.45) is -2.98. The highest BCUT2D eigenvalue weighted by atomic mass is 19.4. The number of alkyl halides is 3. The third kappa shape index (κ3) is 6.14. The molecule has 236 valence electrons. The van der Waals surface area contributed by atoms with Gasteiger partial charge in [0.25, 0.3) is 0 Å². The van der Waals surface area contributed by atoms with E-state index in [9.17, 15) is 18.0 Å². The summed E-state index contributed by atoms with van der Waals surface area (Å²) >= 11 is 0. The van der Waals surface area contributed by atoms with Crippen molar-refractivity contribution in [2.75, 3.05) is 7.11 Å². The molecule has 0 aliphatic heterocycles. The van der Waals surface area contributed by atoms with Crippen molar-refractivity contribution in [2.45, 2.75) is 31.1 Å². The number of hydrogen-bond donors (Lipinski definition) is 1. The molecule has 1 atom stereocenters. The van der Waals surface area contributed by atoms with E-state index in [0.717, 1.165) is 27.6 Å². The minimum atomic E-state index is -4.58. The molecule has 0 saturated heterocycles. The Hall–Kier alpha value is -5.27. The van der Waals surface area contributed by atoms with Crippen molar-refractivity contribution in [1.29, 1.82) is 0 Å². The van der Waals surface area contributed by atoms with Crippen LogP contribution in [0, 0.1) is 6.92 Å². The molecule has 7 heteroatoms. The zero-order valence-electron chi connectivity index (χ0n) is 26.0. The van der Waals surface area contributed by atoms with Crippen LogP contribution in [0.2, 0.25) is 0 Å². The topological polar surface area (TPSA) is 51.2 Å². The highest BCUT2D eigenvalue weighted by Gasteiger charge is 2.41. The van der Waals surface area contributed by atoms with Crippen molar-refractivity contribution < 1.29 is 22.7 Å². The first-order valence-electron chi connectivity index (χ1n) is 15.3. The van der Waals surface area contributed by atoms with Gasteiger partial charge in [-0.15, -0.1) is 0 Å². The molecule has 1 unspecified atom stereocenters. The van der Waals surface area contributed by atoms with E-state index in [4.69, 9.17) is 4.74 Å². The van der Waals surface area contributed by atoms with Crippen LogP contribution < -0.4 is 5.32 Å². The lowest BCUT2D eigenvalue weighted by Crippen LogP contribution is -2.53. The first kappa shape index (κ1) is 31.7. The monoisotopic (exact) mass is 630 g/mol. The normalized spacial score (nSPS) is 12.5. The summed E-state index contributed by atoms with van der Waals surface area (Å²) in [4.78, 5) is 17.9. The quantitative estimate of drug-likeness (QED) is 0.128. The fourth-order valence-corrected chi connectivity index (χ4v) is 6.50. The molecule has 1 heterocycles. The number of rotatable bonds is 9. The number of benzene rings is 5. The van der Waals surface area contributed by atoms with Crippen LogP contribution in [0.4, 0.5) is 13.2 Å². The second-order valence-electron chi connectivity index (χ2n) is 11.4. The number of methoxy groups -OCH3 is 1. The van der Waals surface area contributed by atoms with E-state index in [1.165, 1.54) is 26.3 Å². The van der Waals surface area contributed by atoms with Crippen LogP contribution in [0.1, 0.15) is 33.4 Å². The van der Waals surface area contributed by atoms with Crippen molar-refractivity contribution >= 4 is 16.7 Å². The number of esters is 1. The summed E-state index contributed by atoms with van der Waals surface area (Å²) in [6.45, 7) is 1.44. The predicted octanol–water partition coefficient (Wildman–Crippen LogP) is 8.89. The van der Waals surface area contributed by atoms with E-state index < -0.39 is 29.3 Å². The number of nitrogens with one attached hydrogen (secondary N) is 1. The van der Waals surface area contributed by atoms with Gasteiger partial charge < -0.3 is 4.74 Å². The third-order valence-electron chi connectivity index (χ3n) is 8.63. The second-order valence-corrected chi connectivity index (χ2v) is 11.4. The number of carbonyl (C=O) groups is 1. The van der Waals surface area contributed by atoms with Gasteiger partial charge in [-0.25, -0.2) is 0 Å². The molecule has 47 heavy (non-hydrogen) atoms. The number of pyridine rings is 1. The van der Waals surface area contributed by atoms with Gasteiger partial charge in [0.15, 0.2) is 0 Å². The van der Waals surface area contributed by atoms with Gasteiger partial charge in [0.05, 0.1) is 23.9 Å². The number of carbonyl (C=O) groups excluding carboxylic acids is 1. The van der Waals surface area contributed by atoms with E-state index in [1.54, 1.807) is 24.3 Å². The molecule has 0 aliphatic carbocycles. The lowest BCUT2D eigenvalue weighted by molar-refractivity contribution is -0.143. The van der Waals surface area contributed by atoms with Crippen molar-refractivity contribution in [2.24, 2.45) is 0 Å². The summed E-state index contributed by atoms with van der Waals surface area (Å²) < 4.78 is 48.1. The van der Waals surface area contributed by atoms with Crippen molar-refractivity contribution in [1.82, 2.24) is 10.3 Å². The van der Waals surface area contributed by atoms with Crippen LogP contribution in [0.3, 0.4) is 0 Å². The van der Waals surface area contributed by atoms with E-state index in [-0.39, 0.29) is 17.7 Å². The number of halogens is 3. The standard InChI is InChI=1S/C40H33F3N2O2/c1-27-24-25-44-37(36(27)40(41,42)43)34-23-22-28(32-20-12-13-21-33(32)34)26-35(38(46)47-2)45-39(29-14-6-3-7-15-29,30-16-8-4-9-17-30)31-18-10-5-11-19-31/h3-25,35,45H,26H2,1-2H3. The fourth-order valence-electron chi connectivity index (χ4n) is 6.50. The molecule has 6 rings (SSSR count). The molecule has 1 aromatic heterocycles. The van der Waals surface area contributed by atoms with E-state index in [1.807, 2.05) is 103 Å². The van der Waals surface area contributed by atoms with E-state index >= 15 is 0 Å². The van der Waals surface area contributed by atoms with Crippen LogP contribution in [0.25, 0.3) is 22.0 Å². The minimum absolute atomic E-state index is 0.102. The first-order chi connectivity index (χ1) is 22.7. The number of aromatic nitrogens is 1. The Morgan fingerprint density at radius 3 is 1.74 bits per heavy atom. The van der Waals surface area contributed by atoms with Gasteiger partial charge in [0, 0.05) is 11.8 Å². The van der Waals surface area contributed by atoms with Gasteiger partial charge in [0.1, 0.15) is 6.04 Å². The Bertz CT molecular complexity index is 1900. The lowest BCUT2D eigenvalue weighted by atomic mass is 9.76. The van der Waals surface area contributed by atoms with Gasteiger partial charge in [0.2, 0.25) is 0 Å². The number of aryl methyl sites for hydroxylation is 1. The van der Waals surface area contributed by atoms with Gasteiger partial charge in [-0.2, -0.15) is 13.2 Å². The molecular formula is C40H33F3N2O2. The zero-order valence-corrected chi connectivity index (χ0v) is 26.0. The van der Waals surface area contributed by atoms with Crippen LogP contribution >= 0.6 is 0 Å². The van der Waals surface area contributed by atoms with E-state index in [0.29, 0.717) is 10.9 Å². The van der Waals surface area contributed by atoms with Gasteiger partial charge in [-0.3, -0.25) is 15.1 Å². The Morgan fingerprint density at radius 2 is 1.23 bits per heavy atom. The maximum atomic E-state index is 14.3. The average Bonchev–Trinajstić information content (AvgIpc) is 3.10. The minimum Gasteiger partial charge on any atom is -0.468 e. The Morgan fingerprint density at radius 1 is 0.723 bits per heavy atom. The number of ether oxygens (including phenoxy) is 1. The average molecular weight is 631 g/mol. The largest absolute Gasteiger partial charge is 0.468 e. The summed E-state index contributed by atoms with van der Waals surface area (Å²) in [7, 11) is 1.36. The Labute approximate surface area is 271 Å². The third-order valence-corrected chi connectivity index (χ3v) is 8.63. The molecule has 0 amide bonds. The summed E-state index contributed by atoms with van der Waals surface area (Å²) in [5.41, 5.74) is 2.19. The Balaban J connectivity index is 1.51. The van der Waals surface area contributed by atoms with Gasteiger partial charge in [-0.1, -0.05) is 127 Å². The van der Waals surface area contributed by atoms with Crippen molar-refractivity contribution in [3.63, 3.8) is 0 Å². The highest BCUT2D eigenvalue weighted by molar-refractivity contribution is 5.99. The van der Waals surface area contributed by atoms with Crippen LogP contribution in [-0.4, -0.2) is 24.1 Å². The molecule has 0 saturated carbocycles. The van der Waals surface area contributed by atoms with Crippen molar-refractivity contribution in [3.8, 4) is 11.3 Å². The fraction of sp³-hybridized carbons (Fsp3) is 0.150. The maximum absolute atomic E-state index is 14.3. The molecule has 4 nitrogen and oxygen atoms in total. The Kier molecular flexibility index (Phi) is 8.92. The van der Waals surface area contributed by atoms with E-state index in [2.05, 4.69) is 10.3 Å². The smallest absolute Gasteiger partial charge is 0.418 e. The zero-order chi connectivity index (χ0) is 33.0. The van der Waals surface area contributed by atoms with Gasteiger partial charge in [-0.05, 0) is 58.0 Å². The molecule has 1 N–H and O–H groups in total. The van der Waals surface area contributed by atoms with Crippen LogP contribution in [-0.2, 0) is 27.7 Å². The molecule has 0 spiro atoms. The number of nitrogens with zero attached hydrogens (tertiary/aromatic N) is 1. The molecule has 6 aromatic rings. The summed E-state index contributed by atoms with van der Waals surface area (Å²) in [6, 6.07) is 41.0. The van der Waals surface area contributed by atoms with Crippen molar-refractivity contribution in [3.05, 3.63) is 173 Å². The lowest BCUT2D eigenvalue weighted by Gasteiger charge is -2.39. The summed E-state index contributed by atoms with van der Waals surface area (Å²) in [5, 5.41) is 5.06. The number of hydrogen-bond acceptors (Lipinski definition) is 4. The van der Waals surface area contributed by atoms with Crippen LogP contribution in [0.15, 0.2) is 140 Å². The number of fused-ring (bicyclic) bond motifs is 1. The SMILES string of the molecule is COC(=O)C(Cc1ccc(-c2nccc(C)c2C(F)(F)F)c2ccccc12)NC(c1ccccc1)(c1ccccc1)c1ccccc1. The molecule has 0 fully saturated rings. The predicted molar refractivity (Wildman–Crippen MR) is 179 cm³/mol. The second kappa shape index (κ2) is 13.2. The molecule has 5 aromatic carbocycles. The molecular weight excluding hydrogens is 597 g/mol. The van der Waals surface area contributed by atoms with Crippen LogP contribution in [0.5, 0.6) is 0 Å².